The van der Waals surface area contributed by atoms with Crippen molar-refractivity contribution in [3.05, 3.63) is 65.2 Å². The van der Waals surface area contributed by atoms with Crippen LogP contribution in [-0.4, -0.2) is 54.4 Å². The van der Waals surface area contributed by atoms with Gasteiger partial charge < -0.3 is 24.8 Å². The summed E-state index contributed by atoms with van der Waals surface area (Å²) in [5.74, 6) is -1.30. The molecule has 2 aromatic carbocycles. The number of benzene rings is 2. The fourth-order valence-corrected chi connectivity index (χ4v) is 3.46. The molecule has 0 saturated heterocycles. The third kappa shape index (κ3) is 7.98. The molecule has 1 fully saturated rings. The number of ether oxygens (including phenoxy) is 2. The minimum atomic E-state index is -1.00. The number of rotatable bonds is 13. The Morgan fingerprint density at radius 1 is 1.18 bits per heavy atom. The highest BCUT2D eigenvalue weighted by Crippen LogP contribution is 2.29. The lowest BCUT2D eigenvalue weighted by molar-refractivity contribution is -0.149. The van der Waals surface area contributed by atoms with Gasteiger partial charge in [0.25, 0.3) is 0 Å². The molecule has 1 saturated carbocycles. The molecule has 1 aliphatic rings. The number of carboxylic acid groups (broad SMARTS) is 1. The number of aliphatic carboxylic acids is 1. The number of amides is 2. The lowest BCUT2D eigenvalue weighted by Crippen LogP contribution is -2.43. The van der Waals surface area contributed by atoms with E-state index in [-0.39, 0.29) is 31.2 Å². The predicted molar refractivity (Wildman–Crippen MR) is 122 cm³/mol. The highest BCUT2D eigenvalue weighted by Gasteiger charge is 2.27. The summed E-state index contributed by atoms with van der Waals surface area (Å²) in [4.78, 5) is 25.5. The summed E-state index contributed by atoms with van der Waals surface area (Å²) in [6.07, 6.45) is 1.50. The monoisotopic (exact) mass is 476 g/mol. The summed E-state index contributed by atoms with van der Waals surface area (Å²) < 4.78 is 37.9. The van der Waals surface area contributed by atoms with E-state index < -0.39 is 23.7 Å². The van der Waals surface area contributed by atoms with Gasteiger partial charge in [-0.15, -0.1) is 0 Å². The Kier molecular flexibility index (Phi) is 9.21. The zero-order valence-electron chi connectivity index (χ0n) is 19.1. The van der Waals surface area contributed by atoms with E-state index in [1.54, 1.807) is 36.1 Å². The number of nitrogens with one attached hydrogen (secondary N) is 1. The number of urea groups is 1. The average molecular weight is 477 g/mol. The zero-order valence-corrected chi connectivity index (χ0v) is 19.1. The topological polar surface area (TPSA) is 88.1 Å². The quantitative estimate of drug-likeness (QED) is 0.456. The molecule has 1 atom stereocenters. The molecule has 0 aliphatic heterocycles. The number of nitrogens with zero attached hydrogens (tertiary/aromatic N) is 1. The van der Waals surface area contributed by atoms with Crippen LogP contribution in [0.1, 0.15) is 30.9 Å². The molecule has 184 valence electrons. The SMILES string of the molecule is CCOC(Cc1ccc(OCCN(CC2CC2)C(=O)NCc2ccc(F)cc2F)cc1)C(=O)O. The Morgan fingerprint density at radius 2 is 1.91 bits per heavy atom. The van der Waals surface area contributed by atoms with Crippen LogP contribution in [0.15, 0.2) is 42.5 Å². The molecule has 2 aromatic rings. The first-order valence-corrected chi connectivity index (χ1v) is 11.4. The average Bonchev–Trinajstić information content (AvgIpc) is 3.62. The molecule has 0 bridgehead atoms. The first-order chi connectivity index (χ1) is 16.4. The maximum absolute atomic E-state index is 13.8. The number of carbonyl (C=O) groups excluding carboxylic acids is 1. The van der Waals surface area contributed by atoms with E-state index in [0.717, 1.165) is 30.5 Å². The van der Waals surface area contributed by atoms with Gasteiger partial charge in [0.05, 0.1) is 6.54 Å². The Labute approximate surface area is 197 Å². The normalized spacial score (nSPS) is 13.9. The lowest BCUT2D eigenvalue weighted by Gasteiger charge is -2.23. The van der Waals surface area contributed by atoms with Gasteiger partial charge in [0.15, 0.2) is 6.10 Å². The fraction of sp³-hybridized carbons (Fsp3) is 0.440. The third-order valence-corrected chi connectivity index (χ3v) is 5.53. The van der Waals surface area contributed by atoms with Crippen molar-refractivity contribution in [1.82, 2.24) is 10.2 Å². The predicted octanol–water partition coefficient (Wildman–Crippen LogP) is 4.00. The summed E-state index contributed by atoms with van der Waals surface area (Å²) in [6, 6.07) is 10.0. The molecule has 1 unspecified atom stereocenters. The lowest BCUT2D eigenvalue weighted by atomic mass is 10.1. The smallest absolute Gasteiger partial charge is 0.333 e. The van der Waals surface area contributed by atoms with Crippen molar-refractivity contribution in [2.75, 3.05) is 26.3 Å². The van der Waals surface area contributed by atoms with E-state index in [1.165, 1.54) is 6.07 Å². The molecule has 2 N–H and O–H groups in total. The number of carboxylic acids is 1. The highest BCUT2D eigenvalue weighted by molar-refractivity contribution is 5.74. The highest BCUT2D eigenvalue weighted by atomic mass is 19.1. The first-order valence-electron chi connectivity index (χ1n) is 11.4. The zero-order chi connectivity index (χ0) is 24.5. The van der Waals surface area contributed by atoms with E-state index >= 15 is 0 Å². The second-order valence-corrected chi connectivity index (χ2v) is 8.26. The van der Waals surface area contributed by atoms with Gasteiger partial charge in [0, 0.05) is 37.7 Å². The minimum Gasteiger partial charge on any atom is -0.492 e. The Hall–Kier alpha value is -3.20. The molecule has 34 heavy (non-hydrogen) atoms. The van der Waals surface area contributed by atoms with Crippen LogP contribution >= 0.6 is 0 Å². The van der Waals surface area contributed by atoms with Crippen LogP contribution in [0, 0.1) is 17.6 Å². The maximum atomic E-state index is 13.8. The van der Waals surface area contributed by atoms with Gasteiger partial charge in [0.2, 0.25) is 0 Å². The van der Waals surface area contributed by atoms with Gasteiger partial charge in [-0.2, -0.15) is 0 Å². The molecule has 2 amide bonds. The molecule has 7 nitrogen and oxygen atoms in total. The van der Waals surface area contributed by atoms with Crippen LogP contribution in [0.5, 0.6) is 5.75 Å². The molecule has 1 aliphatic carbocycles. The van der Waals surface area contributed by atoms with E-state index in [2.05, 4.69) is 5.32 Å². The summed E-state index contributed by atoms with van der Waals surface area (Å²) in [5.41, 5.74) is 1.03. The van der Waals surface area contributed by atoms with Crippen molar-refractivity contribution < 1.29 is 33.0 Å². The van der Waals surface area contributed by atoms with Crippen molar-refractivity contribution in [2.45, 2.75) is 38.8 Å². The molecule has 0 radical (unpaired) electrons. The number of carbonyl (C=O) groups is 2. The van der Waals surface area contributed by atoms with Gasteiger partial charge in [0.1, 0.15) is 24.0 Å². The van der Waals surface area contributed by atoms with Gasteiger partial charge in [-0.05, 0) is 49.4 Å². The van der Waals surface area contributed by atoms with Crippen LogP contribution < -0.4 is 10.1 Å². The first kappa shape index (κ1) is 25.4. The van der Waals surface area contributed by atoms with E-state index in [0.29, 0.717) is 31.4 Å². The third-order valence-electron chi connectivity index (χ3n) is 5.53. The fourth-order valence-electron chi connectivity index (χ4n) is 3.46. The Morgan fingerprint density at radius 3 is 2.53 bits per heavy atom. The van der Waals surface area contributed by atoms with Crippen molar-refractivity contribution in [1.29, 1.82) is 0 Å². The number of halogens is 2. The van der Waals surface area contributed by atoms with E-state index in [9.17, 15) is 23.5 Å². The van der Waals surface area contributed by atoms with E-state index in [4.69, 9.17) is 9.47 Å². The van der Waals surface area contributed by atoms with Crippen LogP contribution in [0.3, 0.4) is 0 Å². The second kappa shape index (κ2) is 12.3. The Balaban J connectivity index is 1.48. The standard InChI is InChI=1S/C25H30F2N2O5/c1-2-33-23(24(30)31)13-17-5-9-21(10-6-17)34-12-11-29(16-18-3-4-18)25(32)28-15-19-7-8-20(26)14-22(19)27/h5-10,14,18,23H,2-4,11-13,15-16H2,1H3,(H,28,32)(H,30,31). The summed E-state index contributed by atoms with van der Waals surface area (Å²) in [7, 11) is 0. The van der Waals surface area contributed by atoms with Gasteiger partial charge in [-0.1, -0.05) is 18.2 Å². The Bertz CT molecular complexity index is 966. The molecule has 9 heteroatoms. The van der Waals surface area contributed by atoms with Crippen molar-refractivity contribution in [3.63, 3.8) is 0 Å². The van der Waals surface area contributed by atoms with Crippen molar-refractivity contribution >= 4 is 12.0 Å². The molecule has 0 aromatic heterocycles. The molecular formula is C25H30F2N2O5. The second-order valence-electron chi connectivity index (χ2n) is 8.26. The van der Waals surface area contributed by atoms with Crippen LogP contribution in [0.2, 0.25) is 0 Å². The van der Waals surface area contributed by atoms with Crippen LogP contribution in [0.4, 0.5) is 13.6 Å². The number of hydrogen-bond donors (Lipinski definition) is 2. The van der Waals surface area contributed by atoms with E-state index in [1.807, 2.05) is 0 Å². The van der Waals surface area contributed by atoms with Crippen LogP contribution in [-0.2, 0) is 22.5 Å². The van der Waals surface area contributed by atoms with Crippen molar-refractivity contribution in [3.8, 4) is 5.75 Å². The molecule has 3 rings (SSSR count). The van der Waals surface area contributed by atoms with Gasteiger partial charge in [-0.3, -0.25) is 0 Å². The molecular weight excluding hydrogens is 446 g/mol. The maximum Gasteiger partial charge on any atom is 0.333 e. The van der Waals surface area contributed by atoms with Gasteiger partial charge in [-0.25, -0.2) is 18.4 Å². The van der Waals surface area contributed by atoms with Gasteiger partial charge >= 0.3 is 12.0 Å². The van der Waals surface area contributed by atoms with Crippen LogP contribution in [0.25, 0.3) is 0 Å². The summed E-state index contributed by atoms with van der Waals surface area (Å²) in [5, 5.41) is 11.9. The minimum absolute atomic E-state index is 0.0342. The molecule has 0 heterocycles. The molecule has 0 spiro atoms. The summed E-state index contributed by atoms with van der Waals surface area (Å²) in [6.45, 7) is 3.24. The van der Waals surface area contributed by atoms with Crippen molar-refractivity contribution in [2.24, 2.45) is 5.92 Å². The summed E-state index contributed by atoms with van der Waals surface area (Å²) >= 11 is 0. The number of hydrogen-bond acceptors (Lipinski definition) is 4. The largest absolute Gasteiger partial charge is 0.492 e.